The summed E-state index contributed by atoms with van der Waals surface area (Å²) in [6.45, 7) is 7.86. The third-order valence-corrected chi connectivity index (χ3v) is 2.84. The second-order valence-electron chi connectivity index (χ2n) is 5.29. The lowest BCUT2D eigenvalue weighted by Gasteiger charge is -2.24. The normalized spacial score (nSPS) is 11.5. The second-order valence-corrected chi connectivity index (χ2v) is 5.29. The first-order valence-corrected chi connectivity index (χ1v) is 6.48. The highest BCUT2D eigenvalue weighted by atomic mass is 16.1. The molecule has 0 aliphatic rings. The van der Waals surface area contributed by atoms with Crippen molar-refractivity contribution >= 4 is 5.91 Å². The van der Waals surface area contributed by atoms with Crippen LogP contribution in [0, 0.1) is 5.41 Å². The number of unbranched alkanes of at least 4 members (excludes halogenated alkanes) is 3. The molecule has 3 N–H and O–H groups in total. The summed E-state index contributed by atoms with van der Waals surface area (Å²) < 4.78 is 0. The van der Waals surface area contributed by atoms with Crippen LogP contribution in [0.4, 0.5) is 0 Å². The minimum absolute atomic E-state index is 0.119. The van der Waals surface area contributed by atoms with Crippen LogP contribution in [0.2, 0.25) is 0 Å². The molecule has 0 aliphatic heterocycles. The first kappa shape index (κ1) is 15.4. The van der Waals surface area contributed by atoms with Gasteiger partial charge in [0, 0.05) is 13.0 Å². The van der Waals surface area contributed by atoms with Gasteiger partial charge in [-0.1, -0.05) is 40.0 Å². The highest BCUT2D eigenvalue weighted by Gasteiger charge is 2.17. The molecule has 0 aliphatic carbocycles. The van der Waals surface area contributed by atoms with Crippen molar-refractivity contribution in [3.8, 4) is 0 Å². The Morgan fingerprint density at radius 1 is 1.25 bits per heavy atom. The molecule has 0 aromatic heterocycles. The van der Waals surface area contributed by atoms with Gasteiger partial charge in [0.05, 0.1) is 0 Å². The molecule has 0 heterocycles. The van der Waals surface area contributed by atoms with Crippen LogP contribution in [0.3, 0.4) is 0 Å². The maximum atomic E-state index is 11.5. The first-order chi connectivity index (χ1) is 7.52. The fourth-order valence-electron chi connectivity index (χ4n) is 1.62. The van der Waals surface area contributed by atoms with Gasteiger partial charge in [0.25, 0.3) is 0 Å². The monoisotopic (exact) mass is 228 g/mol. The third kappa shape index (κ3) is 8.72. The van der Waals surface area contributed by atoms with Crippen molar-refractivity contribution in [3.63, 3.8) is 0 Å². The van der Waals surface area contributed by atoms with Crippen molar-refractivity contribution in [2.24, 2.45) is 11.1 Å². The number of nitrogens with two attached hydrogens (primary N) is 1. The van der Waals surface area contributed by atoms with Gasteiger partial charge in [0.2, 0.25) is 5.91 Å². The number of carbonyl (C=O) groups excluding carboxylic acids is 1. The Morgan fingerprint density at radius 3 is 2.50 bits per heavy atom. The van der Waals surface area contributed by atoms with E-state index in [1.807, 2.05) is 0 Å². The zero-order chi connectivity index (χ0) is 12.4. The molecule has 0 bridgehead atoms. The van der Waals surface area contributed by atoms with E-state index in [9.17, 15) is 4.79 Å². The van der Waals surface area contributed by atoms with E-state index in [1.165, 1.54) is 12.8 Å². The topological polar surface area (TPSA) is 55.1 Å². The van der Waals surface area contributed by atoms with Crippen molar-refractivity contribution in [1.29, 1.82) is 0 Å². The van der Waals surface area contributed by atoms with Crippen LogP contribution in [-0.4, -0.2) is 19.0 Å². The molecule has 1 amide bonds. The molecule has 0 saturated heterocycles. The molecule has 3 heteroatoms. The summed E-state index contributed by atoms with van der Waals surface area (Å²) in [7, 11) is 0. The smallest absolute Gasteiger partial charge is 0.220 e. The Bertz CT molecular complexity index is 190. The molecule has 0 spiro atoms. The Hall–Kier alpha value is -0.570. The molecular weight excluding hydrogens is 200 g/mol. The predicted molar refractivity (Wildman–Crippen MR) is 69.2 cm³/mol. The fourth-order valence-corrected chi connectivity index (χ4v) is 1.62. The molecule has 0 saturated carbocycles. The van der Waals surface area contributed by atoms with E-state index in [0.717, 1.165) is 25.8 Å². The van der Waals surface area contributed by atoms with E-state index in [-0.39, 0.29) is 11.3 Å². The molecule has 96 valence electrons. The highest BCUT2D eigenvalue weighted by molar-refractivity contribution is 5.75. The summed E-state index contributed by atoms with van der Waals surface area (Å²) in [6, 6.07) is 0. The zero-order valence-electron chi connectivity index (χ0n) is 11.1. The summed E-state index contributed by atoms with van der Waals surface area (Å²) >= 11 is 0. The van der Waals surface area contributed by atoms with Gasteiger partial charge in [-0.15, -0.1) is 0 Å². The summed E-state index contributed by atoms with van der Waals surface area (Å²) in [4.78, 5) is 11.5. The van der Waals surface area contributed by atoms with Gasteiger partial charge in [0.1, 0.15) is 0 Å². The molecule has 16 heavy (non-hydrogen) atoms. The average Bonchev–Trinajstić information content (AvgIpc) is 2.22. The minimum atomic E-state index is 0.119. The van der Waals surface area contributed by atoms with Gasteiger partial charge in [-0.25, -0.2) is 0 Å². The molecule has 0 atom stereocenters. The SMILES string of the molecule is CCCCCCC(=O)NCC(C)(C)CCN. The van der Waals surface area contributed by atoms with E-state index >= 15 is 0 Å². The molecule has 0 fully saturated rings. The Morgan fingerprint density at radius 2 is 1.94 bits per heavy atom. The van der Waals surface area contributed by atoms with Gasteiger partial charge in [0.15, 0.2) is 0 Å². The van der Waals surface area contributed by atoms with Gasteiger partial charge in [-0.2, -0.15) is 0 Å². The summed E-state index contributed by atoms with van der Waals surface area (Å²) in [5.41, 5.74) is 5.64. The molecule has 0 unspecified atom stereocenters. The summed E-state index contributed by atoms with van der Waals surface area (Å²) in [6.07, 6.45) is 6.23. The van der Waals surface area contributed by atoms with Gasteiger partial charge in [-0.3, -0.25) is 4.79 Å². The lowest BCUT2D eigenvalue weighted by molar-refractivity contribution is -0.121. The van der Waals surface area contributed by atoms with E-state index < -0.39 is 0 Å². The van der Waals surface area contributed by atoms with Gasteiger partial charge in [-0.05, 0) is 24.8 Å². The standard InChI is InChI=1S/C13H28N2O/c1-4-5-6-7-8-12(16)15-11-13(2,3)9-10-14/h4-11,14H2,1-3H3,(H,15,16). The molecule has 0 aromatic rings. The zero-order valence-corrected chi connectivity index (χ0v) is 11.1. The van der Waals surface area contributed by atoms with Crippen LogP contribution < -0.4 is 11.1 Å². The molecule has 0 aromatic carbocycles. The van der Waals surface area contributed by atoms with Crippen molar-refractivity contribution < 1.29 is 4.79 Å². The van der Waals surface area contributed by atoms with Crippen LogP contribution in [0.1, 0.15) is 59.3 Å². The van der Waals surface area contributed by atoms with Crippen molar-refractivity contribution in [3.05, 3.63) is 0 Å². The van der Waals surface area contributed by atoms with Crippen LogP contribution in [-0.2, 0) is 4.79 Å². The molecule has 0 rings (SSSR count). The quantitative estimate of drug-likeness (QED) is 0.596. The average molecular weight is 228 g/mol. The van der Waals surface area contributed by atoms with Gasteiger partial charge >= 0.3 is 0 Å². The molecular formula is C13H28N2O. The Kier molecular flexibility index (Phi) is 8.26. The number of carbonyl (C=O) groups is 1. The van der Waals surface area contributed by atoms with Crippen molar-refractivity contribution in [2.75, 3.05) is 13.1 Å². The highest BCUT2D eigenvalue weighted by Crippen LogP contribution is 2.17. The number of hydrogen-bond donors (Lipinski definition) is 2. The number of hydrogen-bond acceptors (Lipinski definition) is 2. The molecule has 0 radical (unpaired) electrons. The van der Waals surface area contributed by atoms with E-state index in [4.69, 9.17) is 5.73 Å². The third-order valence-electron chi connectivity index (χ3n) is 2.84. The number of nitrogens with one attached hydrogen (secondary N) is 1. The lowest BCUT2D eigenvalue weighted by atomic mass is 9.89. The van der Waals surface area contributed by atoms with Crippen LogP contribution in [0.5, 0.6) is 0 Å². The number of amides is 1. The van der Waals surface area contributed by atoms with Crippen LogP contribution >= 0.6 is 0 Å². The fraction of sp³-hybridized carbons (Fsp3) is 0.923. The second kappa shape index (κ2) is 8.57. The Balaban J connectivity index is 3.56. The Labute approximate surface area is 100 Å². The van der Waals surface area contributed by atoms with Crippen LogP contribution in [0.15, 0.2) is 0 Å². The van der Waals surface area contributed by atoms with Gasteiger partial charge < -0.3 is 11.1 Å². The lowest BCUT2D eigenvalue weighted by Crippen LogP contribution is -2.35. The van der Waals surface area contributed by atoms with Crippen molar-refractivity contribution in [1.82, 2.24) is 5.32 Å². The van der Waals surface area contributed by atoms with E-state index in [0.29, 0.717) is 13.0 Å². The summed E-state index contributed by atoms with van der Waals surface area (Å²) in [5.74, 6) is 0.182. The predicted octanol–water partition coefficient (Wildman–Crippen LogP) is 2.45. The van der Waals surface area contributed by atoms with E-state index in [1.54, 1.807) is 0 Å². The van der Waals surface area contributed by atoms with Crippen molar-refractivity contribution in [2.45, 2.75) is 59.3 Å². The first-order valence-electron chi connectivity index (χ1n) is 6.48. The summed E-state index contributed by atoms with van der Waals surface area (Å²) in [5, 5.41) is 2.99. The van der Waals surface area contributed by atoms with Crippen LogP contribution in [0.25, 0.3) is 0 Å². The minimum Gasteiger partial charge on any atom is -0.356 e. The molecule has 3 nitrogen and oxygen atoms in total. The van der Waals surface area contributed by atoms with E-state index in [2.05, 4.69) is 26.1 Å². The maximum Gasteiger partial charge on any atom is 0.220 e. The number of rotatable bonds is 9. The maximum absolute atomic E-state index is 11.5. The largest absolute Gasteiger partial charge is 0.356 e.